The van der Waals surface area contributed by atoms with Gasteiger partial charge in [0.2, 0.25) is 0 Å². The third-order valence-electron chi connectivity index (χ3n) is 3.62. The Kier molecular flexibility index (Phi) is 6.13. The first-order valence-electron chi connectivity index (χ1n) is 8.60. The normalized spacial score (nSPS) is 11.4. The number of benzene rings is 2. The lowest BCUT2D eigenvalue weighted by molar-refractivity contribution is 0.243. The molecule has 3 heteroatoms. The van der Waals surface area contributed by atoms with E-state index in [1.807, 2.05) is 50.2 Å². The van der Waals surface area contributed by atoms with Gasteiger partial charge in [0, 0.05) is 6.54 Å². The van der Waals surface area contributed by atoms with Crippen LogP contribution in [0.5, 0.6) is 11.5 Å². The molecule has 0 fully saturated rings. The van der Waals surface area contributed by atoms with Crippen LogP contribution in [-0.2, 0) is 5.41 Å². The van der Waals surface area contributed by atoms with Gasteiger partial charge in [0.15, 0.2) is 0 Å². The maximum absolute atomic E-state index is 6.00. The Morgan fingerprint density at radius 3 is 2.21 bits per heavy atom. The largest absolute Gasteiger partial charge is 0.491 e. The average Bonchev–Trinajstić information content (AvgIpc) is 2.52. The van der Waals surface area contributed by atoms with Crippen LogP contribution in [-0.4, -0.2) is 19.3 Å². The fourth-order valence-corrected chi connectivity index (χ4v) is 2.53. The minimum atomic E-state index is 0.0712. The maximum Gasteiger partial charge on any atom is 0.142 e. The summed E-state index contributed by atoms with van der Waals surface area (Å²) in [5.74, 6) is 1.83. The molecule has 0 aliphatic heterocycles. The highest BCUT2D eigenvalue weighted by Gasteiger charge is 2.18. The van der Waals surface area contributed by atoms with Crippen LogP contribution >= 0.6 is 0 Å². The topological polar surface area (TPSA) is 30.5 Å². The number of para-hydroxylation sites is 3. The van der Waals surface area contributed by atoms with E-state index >= 15 is 0 Å². The standard InChI is InChI=1S/C21H29NO2/c1-16(2)24-20-13-9-7-11-18(20)22-14-15-23-19-12-8-6-10-17(19)21(3,4)5/h6-13,16,22H,14-15H2,1-5H3. The summed E-state index contributed by atoms with van der Waals surface area (Å²) >= 11 is 0. The second-order valence-electron chi connectivity index (χ2n) is 7.18. The summed E-state index contributed by atoms with van der Waals surface area (Å²) in [5.41, 5.74) is 2.30. The fourth-order valence-electron chi connectivity index (χ4n) is 2.53. The molecule has 0 saturated heterocycles. The zero-order valence-corrected chi connectivity index (χ0v) is 15.4. The zero-order chi connectivity index (χ0) is 17.6. The Morgan fingerprint density at radius 1 is 0.917 bits per heavy atom. The van der Waals surface area contributed by atoms with Crippen LogP contribution in [0.4, 0.5) is 5.69 Å². The predicted octanol–water partition coefficient (Wildman–Crippen LogP) is 5.26. The average molecular weight is 327 g/mol. The predicted molar refractivity (Wildman–Crippen MR) is 101 cm³/mol. The first-order valence-corrected chi connectivity index (χ1v) is 8.60. The monoisotopic (exact) mass is 327 g/mol. The zero-order valence-electron chi connectivity index (χ0n) is 15.4. The van der Waals surface area contributed by atoms with Crippen molar-refractivity contribution in [3.8, 4) is 11.5 Å². The van der Waals surface area contributed by atoms with E-state index in [0.29, 0.717) is 6.61 Å². The molecule has 0 heterocycles. The van der Waals surface area contributed by atoms with Crippen molar-refractivity contribution in [3.63, 3.8) is 0 Å². The Labute approximate surface area is 146 Å². The van der Waals surface area contributed by atoms with Crippen LogP contribution in [0.2, 0.25) is 0 Å². The van der Waals surface area contributed by atoms with Gasteiger partial charge < -0.3 is 14.8 Å². The molecule has 0 radical (unpaired) electrons. The van der Waals surface area contributed by atoms with Crippen LogP contribution in [0.1, 0.15) is 40.2 Å². The third kappa shape index (κ3) is 5.19. The highest BCUT2D eigenvalue weighted by atomic mass is 16.5. The molecule has 0 aromatic heterocycles. The second kappa shape index (κ2) is 8.09. The van der Waals surface area contributed by atoms with E-state index in [1.54, 1.807) is 0 Å². The Balaban J connectivity index is 1.93. The molecular formula is C21H29NO2. The number of hydrogen-bond acceptors (Lipinski definition) is 3. The first kappa shape index (κ1) is 18.2. The molecule has 130 valence electrons. The molecule has 0 unspecified atom stereocenters. The lowest BCUT2D eigenvalue weighted by atomic mass is 9.86. The molecule has 2 rings (SSSR count). The van der Waals surface area contributed by atoms with Gasteiger partial charge in [-0.15, -0.1) is 0 Å². The fraction of sp³-hybridized carbons (Fsp3) is 0.429. The van der Waals surface area contributed by atoms with E-state index in [2.05, 4.69) is 38.2 Å². The van der Waals surface area contributed by atoms with Crippen molar-refractivity contribution in [3.05, 3.63) is 54.1 Å². The minimum Gasteiger partial charge on any atom is -0.491 e. The quantitative estimate of drug-likeness (QED) is 0.703. The Bertz CT molecular complexity index is 644. The van der Waals surface area contributed by atoms with Gasteiger partial charge in [0.25, 0.3) is 0 Å². The molecule has 24 heavy (non-hydrogen) atoms. The molecule has 0 aliphatic carbocycles. The molecule has 1 N–H and O–H groups in total. The van der Waals surface area contributed by atoms with E-state index in [-0.39, 0.29) is 11.5 Å². The van der Waals surface area contributed by atoms with Crippen molar-refractivity contribution in [2.24, 2.45) is 0 Å². The molecule has 0 spiro atoms. The summed E-state index contributed by atoms with van der Waals surface area (Å²) in [6.07, 6.45) is 0.155. The molecule has 2 aromatic carbocycles. The van der Waals surface area contributed by atoms with Gasteiger partial charge in [0.1, 0.15) is 18.1 Å². The third-order valence-corrected chi connectivity index (χ3v) is 3.62. The van der Waals surface area contributed by atoms with E-state index in [0.717, 1.165) is 23.7 Å². The highest BCUT2D eigenvalue weighted by molar-refractivity contribution is 5.56. The molecule has 3 nitrogen and oxygen atoms in total. The molecule has 0 bridgehead atoms. The van der Waals surface area contributed by atoms with Crippen molar-refractivity contribution in [1.29, 1.82) is 0 Å². The van der Waals surface area contributed by atoms with Gasteiger partial charge in [-0.3, -0.25) is 0 Å². The van der Waals surface area contributed by atoms with Crippen molar-refractivity contribution in [2.45, 2.75) is 46.1 Å². The van der Waals surface area contributed by atoms with E-state index in [4.69, 9.17) is 9.47 Å². The number of nitrogens with one attached hydrogen (secondary N) is 1. The maximum atomic E-state index is 6.00. The highest BCUT2D eigenvalue weighted by Crippen LogP contribution is 2.31. The van der Waals surface area contributed by atoms with Gasteiger partial charge >= 0.3 is 0 Å². The van der Waals surface area contributed by atoms with Gasteiger partial charge in [-0.05, 0) is 43.0 Å². The van der Waals surface area contributed by atoms with Crippen LogP contribution < -0.4 is 14.8 Å². The first-order chi connectivity index (χ1) is 11.4. The summed E-state index contributed by atoms with van der Waals surface area (Å²) in [4.78, 5) is 0. The summed E-state index contributed by atoms with van der Waals surface area (Å²) in [7, 11) is 0. The molecule has 0 amide bonds. The summed E-state index contributed by atoms with van der Waals surface area (Å²) < 4.78 is 11.8. The van der Waals surface area contributed by atoms with Crippen molar-refractivity contribution in [2.75, 3.05) is 18.5 Å². The van der Waals surface area contributed by atoms with Gasteiger partial charge in [-0.25, -0.2) is 0 Å². The minimum absolute atomic E-state index is 0.0712. The van der Waals surface area contributed by atoms with E-state index < -0.39 is 0 Å². The Morgan fingerprint density at radius 2 is 1.54 bits per heavy atom. The van der Waals surface area contributed by atoms with Gasteiger partial charge in [0.05, 0.1) is 11.8 Å². The lowest BCUT2D eigenvalue weighted by Crippen LogP contribution is -2.17. The number of hydrogen-bond donors (Lipinski definition) is 1. The van der Waals surface area contributed by atoms with Crippen molar-refractivity contribution < 1.29 is 9.47 Å². The van der Waals surface area contributed by atoms with E-state index in [1.165, 1.54) is 5.56 Å². The molecule has 2 aromatic rings. The summed E-state index contributed by atoms with van der Waals surface area (Å²) in [6, 6.07) is 16.3. The molecule has 0 saturated carbocycles. The van der Waals surface area contributed by atoms with Crippen LogP contribution in [0, 0.1) is 0 Å². The van der Waals surface area contributed by atoms with Crippen LogP contribution in [0.15, 0.2) is 48.5 Å². The van der Waals surface area contributed by atoms with Crippen LogP contribution in [0.3, 0.4) is 0 Å². The Hall–Kier alpha value is -2.16. The van der Waals surface area contributed by atoms with Crippen LogP contribution in [0.25, 0.3) is 0 Å². The summed E-state index contributed by atoms with van der Waals surface area (Å²) in [6.45, 7) is 12.0. The van der Waals surface area contributed by atoms with Crippen molar-refractivity contribution >= 4 is 5.69 Å². The second-order valence-corrected chi connectivity index (χ2v) is 7.18. The summed E-state index contributed by atoms with van der Waals surface area (Å²) in [5, 5.41) is 3.40. The van der Waals surface area contributed by atoms with Crippen molar-refractivity contribution in [1.82, 2.24) is 0 Å². The lowest BCUT2D eigenvalue weighted by Gasteiger charge is -2.23. The molecule has 0 atom stereocenters. The van der Waals surface area contributed by atoms with Gasteiger partial charge in [-0.2, -0.15) is 0 Å². The SMILES string of the molecule is CC(C)Oc1ccccc1NCCOc1ccccc1C(C)(C)C. The smallest absolute Gasteiger partial charge is 0.142 e. The van der Waals surface area contributed by atoms with Gasteiger partial charge in [-0.1, -0.05) is 51.1 Å². The molecule has 0 aliphatic rings. The number of anilines is 1. The van der Waals surface area contributed by atoms with E-state index in [9.17, 15) is 0 Å². The molecular weight excluding hydrogens is 298 g/mol. The number of ether oxygens (including phenoxy) is 2. The number of rotatable bonds is 7.